The predicted molar refractivity (Wildman–Crippen MR) is 86.9 cm³/mol. The minimum absolute atomic E-state index is 0.182. The summed E-state index contributed by atoms with van der Waals surface area (Å²) in [6.07, 6.45) is 7.06. The first kappa shape index (κ1) is 15.3. The van der Waals surface area contributed by atoms with Crippen LogP contribution in [-0.2, 0) is 4.79 Å². The van der Waals surface area contributed by atoms with Crippen LogP contribution in [0.2, 0.25) is 0 Å². The van der Waals surface area contributed by atoms with E-state index in [4.69, 9.17) is 4.74 Å². The quantitative estimate of drug-likeness (QED) is 0.909. The number of likely N-dealkylation sites (tertiary alicyclic amines) is 1. The van der Waals surface area contributed by atoms with Gasteiger partial charge in [0.25, 0.3) is 0 Å². The van der Waals surface area contributed by atoms with Gasteiger partial charge >= 0.3 is 0 Å². The van der Waals surface area contributed by atoms with Crippen LogP contribution in [0.3, 0.4) is 0 Å². The Morgan fingerprint density at radius 1 is 1.27 bits per heavy atom. The standard InChI is InChI=1S/C18H26N2O2/c1-22-16-9-4-6-14(12-16)17-10-5-11-20(17)13-18(21)19-15-7-2-3-8-15/h4,6,9,12,15,17H,2-3,5,7-8,10-11,13H2,1H3,(H,19,21). The number of methoxy groups -OCH3 is 1. The maximum atomic E-state index is 12.3. The maximum Gasteiger partial charge on any atom is 0.234 e. The summed E-state index contributed by atoms with van der Waals surface area (Å²) in [7, 11) is 1.70. The smallest absolute Gasteiger partial charge is 0.234 e. The molecule has 1 aliphatic heterocycles. The minimum Gasteiger partial charge on any atom is -0.497 e. The fraction of sp³-hybridized carbons (Fsp3) is 0.611. The number of rotatable bonds is 5. The Bertz CT molecular complexity index is 512. The summed E-state index contributed by atoms with van der Waals surface area (Å²) in [5.41, 5.74) is 1.26. The lowest BCUT2D eigenvalue weighted by Crippen LogP contribution is -2.40. The number of amides is 1. The number of ether oxygens (including phenoxy) is 1. The van der Waals surface area contributed by atoms with Gasteiger partial charge in [0.05, 0.1) is 13.7 Å². The van der Waals surface area contributed by atoms with Crippen LogP contribution < -0.4 is 10.1 Å². The van der Waals surface area contributed by atoms with Crippen LogP contribution >= 0.6 is 0 Å². The third kappa shape index (κ3) is 3.61. The van der Waals surface area contributed by atoms with E-state index in [9.17, 15) is 4.79 Å². The molecule has 1 N–H and O–H groups in total. The highest BCUT2D eigenvalue weighted by atomic mass is 16.5. The molecule has 1 saturated carbocycles. The predicted octanol–water partition coefficient (Wildman–Crippen LogP) is 2.89. The van der Waals surface area contributed by atoms with Crippen molar-refractivity contribution in [3.63, 3.8) is 0 Å². The van der Waals surface area contributed by atoms with Gasteiger partial charge in [-0.1, -0.05) is 25.0 Å². The minimum atomic E-state index is 0.182. The lowest BCUT2D eigenvalue weighted by atomic mass is 10.0. The van der Waals surface area contributed by atoms with Crippen molar-refractivity contribution in [3.05, 3.63) is 29.8 Å². The van der Waals surface area contributed by atoms with E-state index in [0.717, 1.165) is 38.0 Å². The van der Waals surface area contributed by atoms with Gasteiger partial charge in [0.1, 0.15) is 5.75 Å². The van der Waals surface area contributed by atoms with Crippen molar-refractivity contribution < 1.29 is 9.53 Å². The third-order valence-corrected chi connectivity index (χ3v) is 4.91. The van der Waals surface area contributed by atoms with E-state index < -0.39 is 0 Å². The normalized spacial score (nSPS) is 22.9. The molecule has 1 aromatic rings. The van der Waals surface area contributed by atoms with Gasteiger partial charge in [0.2, 0.25) is 5.91 Å². The average Bonchev–Trinajstić information content (AvgIpc) is 3.19. The Hall–Kier alpha value is -1.55. The zero-order valence-electron chi connectivity index (χ0n) is 13.4. The molecule has 0 bridgehead atoms. The topological polar surface area (TPSA) is 41.6 Å². The zero-order chi connectivity index (χ0) is 15.4. The Kier molecular flexibility index (Phi) is 4.98. The molecular weight excluding hydrogens is 276 g/mol. The lowest BCUT2D eigenvalue weighted by molar-refractivity contribution is -0.123. The largest absolute Gasteiger partial charge is 0.497 e. The van der Waals surface area contributed by atoms with Gasteiger partial charge in [-0.15, -0.1) is 0 Å². The van der Waals surface area contributed by atoms with E-state index >= 15 is 0 Å². The molecule has 4 heteroatoms. The van der Waals surface area contributed by atoms with Gasteiger partial charge in [0.15, 0.2) is 0 Å². The van der Waals surface area contributed by atoms with Crippen molar-refractivity contribution in [2.75, 3.05) is 20.2 Å². The number of nitrogens with zero attached hydrogens (tertiary/aromatic N) is 1. The summed E-state index contributed by atoms with van der Waals surface area (Å²) in [6, 6.07) is 8.98. The molecule has 0 aromatic heterocycles. The Morgan fingerprint density at radius 2 is 2.09 bits per heavy atom. The number of benzene rings is 1. The van der Waals surface area contributed by atoms with E-state index in [1.165, 1.54) is 18.4 Å². The number of carbonyl (C=O) groups is 1. The molecule has 1 aromatic carbocycles. The fourth-order valence-corrected chi connectivity index (χ4v) is 3.77. The highest BCUT2D eigenvalue weighted by molar-refractivity contribution is 5.78. The van der Waals surface area contributed by atoms with E-state index in [-0.39, 0.29) is 5.91 Å². The molecule has 1 heterocycles. The van der Waals surface area contributed by atoms with Crippen molar-refractivity contribution in [2.45, 2.75) is 50.6 Å². The van der Waals surface area contributed by atoms with Gasteiger partial charge in [0, 0.05) is 12.1 Å². The summed E-state index contributed by atoms with van der Waals surface area (Å²) in [5, 5.41) is 3.20. The zero-order valence-corrected chi connectivity index (χ0v) is 13.4. The molecule has 2 fully saturated rings. The maximum absolute atomic E-state index is 12.3. The second-order valence-corrected chi connectivity index (χ2v) is 6.45. The van der Waals surface area contributed by atoms with Crippen LogP contribution in [0.1, 0.15) is 50.1 Å². The molecular formula is C18H26N2O2. The first-order valence-corrected chi connectivity index (χ1v) is 8.43. The van der Waals surface area contributed by atoms with E-state index in [0.29, 0.717) is 18.6 Å². The number of nitrogens with one attached hydrogen (secondary N) is 1. The Morgan fingerprint density at radius 3 is 2.86 bits per heavy atom. The molecule has 1 amide bonds. The summed E-state index contributed by atoms with van der Waals surface area (Å²) in [6.45, 7) is 1.51. The molecule has 3 rings (SSSR count). The summed E-state index contributed by atoms with van der Waals surface area (Å²) < 4.78 is 5.32. The second-order valence-electron chi connectivity index (χ2n) is 6.45. The number of carbonyl (C=O) groups excluding carboxylic acids is 1. The molecule has 1 unspecified atom stereocenters. The van der Waals surface area contributed by atoms with E-state index in [2.05, 4.69) is 22.3 Å². The molecule has 120 valence electrons. The van der Waals surface area contributed by atoms with Crippen molar-refractivity contribution in [1.82, 2.24) is 10.2 Å². The molecule has 1 atom stereocenters. The molecule has 1 saturated heterocycles. The van der Waals surface area contributed by atoms with Crippen LogP contribution in [0.5, 0.6) is 5.75 Å². The van der Waals surface area contributed by atoms with Crippen LogP contribution in [0.25, 0.3) is 0 Å². The Labute approximate surface area is 132 Å². The van der Waals surface area contributed by atoms with Crippen molar-refractivity contribution in [3.8, 4) is 5.75 Å². The first-order valence-electron chi connectivity index (χ1n) is 8.43. The summed E-state index contributed by atoms with van der Waals surface area (Å²) >= 11 is 0. The van der Waals surface area contributed by atoms with Gasteiger partial charge in [-0.05, 0) is 49.9 Å². The monoisotopic (exact) mass is 302 g/mol. The molecule has 0 spiro atoms. The first-order chi connectivity index (χ1) is 10.8. The van der Waals surface area contributed by atoms with Gasteiger partial charge < -0.3 is 10.1 Å². The number of hydrogen-bond donors (Lipinski definition) is 1. The molecule has 2 aliphatic rings. The van der Waals surface area contributed by atoms with E-state index in [1.807, 2.05) is 12.1 Å². The van der Waals surface area contributed by atoms with Crippen LogP contribution in [0, 0.1) is 0 Å². The van der Waals surface area contributed by atoms with Crippen LogP contribution in [0.15, 0.2) is 24.3 Å². The lowest BCUT2D eigenvalue weighted by Gasteiger charge is -2.25. The van der Waals surface area contributed by atoms with Gasteiger partial charge in [-0.3, -0.25) is 9.69 Å². The highest BCUT2D eigenvalue weighted by Gasteiger charge is 2.28. The number of hydrogen-bond acceptors (Lipinski definition) is 3. The third-order valence-electron chi connectivity index (χ3n) is 4.91. The Balaban J connectivity index is 1.61. The van der Waals surface area contributed by atoms with Crippen molar-refractivity contribution >= 4 is 5.91 Å². The van der Waals surface area contributed by atoms with Crippen molar-refractivity contribution in [1.29, 1.82) is 0 Å². The molecule has 4 nitrogen and oxygen atoms in total. The average molecular weight is 302 g/mol. The fourth-order valence-electron chi connectivity index (χ4n) is 3.77. The summed E-state index contributed by atoms with van der Waals surface area (Å²) in [4.78, 5) is 14.6. The SMILES string of the molecule is COc1cccc(C2CCCN2CC(=O)NC2CCCC2)c1. The second kappa shape index (κ2) is 7.14. The van der Waals surface area contributed by atoms with E-state index in [1.54, 1.807) is 7.11 Å². The molecule has 22 heavy (non-hydrogen) atoms. The van der Waals surface area contributed by atoms with Crippen LogP contribution in [-0.4, -0.2) is 37.0 Å². The highest BCUT2D eigenvalue weighted by Crippen LogP contribution is 2.33. The van der Waals surface area contributed by atoms with Crippen molar-refractivity contribution in [2.24, 2.45) is 0 Å². The molecule has 1 aliphatic carbocycles. The van der Waals surface area contributed by atoms with Gasteiger partial charge in [-0.25, -0.2) is 0 Å². The van der Waals surface area contributed by atoms with Gasteiger partial charge in [-0.2, -0.15) is 0 Å². The van der Waals surface area contributed by atoms with Crippen LogP contribution in [0.4, 0.5) is 0 Å². The summed E-state index contributed by atoms with van der Waals surface area (Å²) in [5.74, 6) is 1.07. The molecule has 0 radical (unpaired) electrons.